The van der Waals surface area contributed by atoms with Crippen LogP contribution in [0.4, 0.5) is 0 Å². The quantitative estimate of drug-likeness (QED) is 0.237. The molecule has 0 aliphatic carbocycles. The second-order valence-electron chi connectivity index (χ2n) is 8.70. The molecule has 1 fully saturated rings. The Kier molecular flexibility index (Phi) is 6.64. The number of esters is 1. The molecular formula is C29H25NO7. The van der Waals surface area contributed by atoms with Crippen LogP contribution in [0.25, 0.3) is 5.76 Å². The molecule has 8 heteroatoms. The first-order valence-electron chi connectivity index (χ1n) is 11.9. The Morgan fingerprint density at radius 1 is 0.946 bits per heavy atom. The predicted molar refractivity (Wildman–Crippen MR) is 134 cm³/mol. The summed E-state index contributed by atoms with van der Waals surface area (Å²) in [4.78, 5) is 39.9. The highest BCUT2D eigenvalue weighted by Gasteiger charge is 2.46. The van der Waals surface area contributed by atoms with Crippen molar-refractivity contribution in [3.05, 3.63) is 101 Å². The molecule has 0 spiro atoms. The van der Waals surface area contributed by atoms with Crippen molar-refractivity contribution < 1.29 is 33.7 Å². The Morgan fingerprint density at radius 3 is 2.32 bits per heavy atom. The Bertz CT molecular complexity index is 1380. The van der Waals surface area contributed by atoms with Gasteiger partial charge in [-0.3, -0.25) is 9.59 Å². The van der Waals surface area contributed by atoms with E-state index in [1.54, 1.807) is 42.5 Å². The van der Waals surface area contributed by atoms with E-state index in [1.807, 2.05) is 30.3 Å². The number of Topliss-reactive ketones (excluding diaryl/α,β-unsaturated/α-hetero) is 1. The van der Waals surface area contributed by atoms with Crippen molar-refractivity contribution in [3.8, 4) is 11.5 Å². The number of ketones is 1. The summed E-state index contributed by atoms with van der Waals surface area (Å²) in [6, 6.07) is 20.1. The summed E-state index contributed by atoms with van der Waals surface area (Å²) in [7, 11) is 1.29. The molecule has 0 saturated carbocycles. The average Bonchev–Trinajstić information content (AvgIpc) is 3.20. The van der Waals surface area contributed by atoms with Crippen LogP contribution in [0.2, 0.25) is 0 Å². The lowest BCUT2D eigenvalue weighted by Crippen LogP contribution is -2.31. The minimum Gasteiger partial charge on any atom is -0.507 e. The van der Waals surface area contributed by atoms with E-state index in [0.717, 1.165) is 5.56 Å². The minimum atomic E-state index is -0.844. The van der Waals surface area contributed by atoms with Crippen molar-refractivity contribution in [2.24, 2.45) is 0 Å². The molecule has 8 nitrogen and oxygen atoms in total. The summed E-state index contributed by atoms with van der Waals surface area (Å²) in [5, 5.41) is 11.3. The molecule has 3 aromatic carbocycles. The highest BCUT2D eigenvalue weighted by atomic mass is 16.6. The van der Waals surface area contributed by atoms with E-state index in [4.69, 9.17) is 14.2 Å². The van der Waals surface area contributed by atoms with Crippen molar-refractivity contribution >= 4 is 23.4 Å². The maximum absolute atomic E-state index is 13.3. The first-order valence-corrected chi connectivity index (χ1v) is 11.9. The average molecular weight is 500 g/mol. The molecule has 188 valence electrons. The Labute approximate surface area is 213 Å². The van der Waals surface area contributed by atoms with Gasteiger partial charge < -0.3 is 24.2 Å². The molecule has 1 saturated heterocycles. The predicted octanol–water partition coefficient (Wildman–Crippen LogP) is 3.91. The second-order valence-corrected chi connectivity index (χ2v) is 8.70. The van der Waals surface area contributed by atoms with Crippen LogP contribution in [0.3, 0.4) is 0 Å². The molecular weight excluding hydrogens is 474 g/mol. The highest BCUT2D eigenvalue weighted by Crippen LogP contribution is 2.41. The van der Waals surface area contributed by atoms with Gasteiger partial charge in [0, 0.05) is 12.1 Å². The number of likely N-dealkylation sites (tertiary alicyclic amines) is 1. The molecule has 1 atom stereocenters. The Hall–Kier alpha value is -4.59. The van der Waals surface area contributed by atoms with Gasteiger partial charge in [-0.1, -0.05) is 42.5 Å². The summed E-state index contributed by atoms with van der Waals surface area (Å²) in [6.07, 6.45) is 0.522. The van der Waals surface area contributed by atoms with Gasteiger partial charge in [-0.25, -0.2) is 4.79 Å². The van der Waals surface area contributed by atoms with Crippen molar-refractivity contribution in [1.29, 1.82) is 0 Å². The molecule has 0 bridgehead atoms. The number of aliphatic hydroxyl groups excluding tert-OH is 1. The van der Waals surface area contributed by atoms with Crippen LogP contribution in [-0.4, -0.2) is 54.5 Å². The first-order chi connectivity index (χ1) is 18.0. The van der Waals surface area contributed by atoms with Crippen LogP contribution in [0, 0.1) is 0 Å². The number of rotatable bonds is 6. The SMILES string of the molecule is COC(=O)c1ccc(C2/C(=C(/O)c3ccc4c(c3)OCCO4)C(=O)C(=O)N2CCc2ccccc2)cc1. The molecule has 2 aliphatic heterocycles. The molecule has 1 amide bonds. The van der Waals surface area contributed by atoms with Gasteiger partial charge in [0.25, 0.3) is 11.7 Å². The summed E-state index contributed by atoms with van der Waals surface area (Å²) in [5.74, 6) is -1.28. The van der Waals surface area contributed by atoms with Crippen LogP contribution >= 0.6 is 0 Å². The zero-order valence-electron chi connectivity index (χ0n) is 20.2. The molecule has 1 unspecified atom stereocenters. The zero-order chi connectivity index (χ0) is 25.9. The number of nitrogens with zero attached hydrogens (tertiary/aromatic N) is 1. The largest absolute Gasteiger partial charge is 0.507 e. The molecule has 5 rings (SSSR count). The highest BCUT2D eigenvalue weighted by molar-refractivity contribution is 6.46. The third-order valence-corrected chi connectivity index (χ3v) is 6.49. The number of methoxy groups -OCH3 is 1. The standard InChI is InChI=1S/C29H25NO7/c1-35-29(34)20-9-7-19(8-10-20)25-24(26(31)21-11-12-22-23(17-21)37-16-15-36-22)27(32)28(33)30(25)14-13-18-5-3-2-4-6-18/h2-12,17,25,31H,13-16H2,1H3/b26-24-. The van der Waals surface area contributed by atoms with Crippen LogP contribution in [0.5, 0.6) is 11.5 Å². The molecule has 37 heavy (non-hydrogen) atoms. The summed E-state index contributed by atoms with van der Waals surface area (Å²) >= 11 is 0. The lowest BCUT2D eigenvalue weighted by atomic mass is 9.94. The van der Waals surface area contributed by atoms with E-state index >= 15 is 0 Å². The lowest BCUT2D eigenvalue weighted by Gasteiger charge is -2.25. The smallest absolute Gasteiger partial charge is 0.337 e. The molecule has 0 aromatic heterocycles. The van der Waals surface area contributed by atoms with E-state index in [9.17, 15) is 19.5 Å². The fraction of sp³-hybridized carbons (Fsp3) is 0.207. The maximum Gasteiger partial charge on any atom is 0.337 e. The van der Waals surface area contributed by atoms with Crippen molar-refractivity contribution in [1.82, 2.24) is 4.90 Å². The summed E-state index contributed by atoms with van der Waals surface area (Å²) in [6.45, 7) is 1.05. The summed E-state index contributed by atoms with van der Waals surface area (Å²) in [5.41, 5.74) is 2.23. The maximum atomic E-state index is 13.3. The van der Waals surface area contributed by atoms with Gasteiger partial charge in [-0.15, -0.1) is 0 Å². The zero-order valence-corrected chi connectivity index (χ0v) is 20.2. The molecule has 2 aliphatic rings. The number of aliphatic hydroxyl groups is 1. The van der Waals surface area contributed by atoms with Gasteiger partial charge in [0.05, 0.1) is 24.3 Å². The van der Waals surface area contributed by atoms with E-state index < -0.39 is 23.7 Å². The monoisotopic (exact) mass is 499 g/mol. The number of carbonyl (C=O) groups is 3. The topological polar surface area (TPSA) is 102 Å². The normalized spacial score (nSPS) is 18.1. The van der Waals surface area contributed by atoms with Crippen molar-refractivity contribution in [2.75, 3.05) is 26.9 Å². The van der Waals surface area contributed by atoms with E-state index in [0.29, 0.717) is 47.8 Å². The van der Waals surface area contributed by atoms with Gasteiger partial charge in [-0.2, -0.15) is 0 Å². The van der Waals surface area contributed by atoms with Crippen molar-refractivity contribution in [3.63, 3.8) is 0 Å². The number of benzene rings is 3. The fourth-order valence-electron chi connectivity index (χ4n) is 4.62. The van der Waals surface area contributed by atoms with Crippen molar-refractivity contribution in [2.45, 2.75) is 12.5 Å². The molecule has 3 aromatic rings. The van der Waals surface area contributed by atoms with Gasteiger partial charge in [0.2, 0.25) is 0 Å². The molecule has 0 radical (unpaired) electrons. The van der Waals surface area contributed by atoms with E-state index in [1.165, 1.54) is 12.0 Å². The first kappa shape index (κ1) is 24.1. The van der Waals surface area contributed by atoms with Crippen LogP contribution < -0.4 is 9.47 Å². The Balaban J connectivity index is 1.57. The number of ether oxygens (including phenoxy) is 3. The molecule has 2 heterocycles. The van der Waals surface area contributed by atoms with Crippen LogP contribution in [0.15, 0.2) is 78.4 Å². The fourth-order valence-corrected chi connectivity index (χ4v) is 4.62. The number of carbonyl (C=O) groups excluding carboxylic acids is 3. The third-order valence-electron chi connectivity index (χ3n) is 6.49. The van der Waals surface area contributed by atoms with Gasteiger partial charge in [0.1, 0.15) is 19.0 Å². The summed E-state index contributed by atoms with van der Waals surface area (Å²) < 4.78 is 16.0. The van der Waals surface area contributed by atoms with Gasteiger partial charge in [-0.05, 0) is 47.9 Å². The van der Waals surface area contributed by atoms with Crippen LogP contribution in [0.1, 0.15) is 33.1 Å². The third kappa shape index (κ3) is 4.65. The van der Waals surface area contributed by atoms with Crippen LogP contribution in [-0.2, 0) is 20.7 Å². The van der Waals surface area contributed by atoms with Gasteiger partial charge >= 0.3 is 5.97 Å². The number of fused-ring (bicyclic) bond motifs is 1. The van der Waals surface area contributed by atoms with E-state index in [2.05, 4.69) is 0 Å². The second kappa shape index (κ2) is 10.2. The number of hydrogen-bond acceptors (Lipinski definition) is 7. The number of hydrogen-bond donors (Lipinski definition) is 1. The Morgan fingerprint density at radius 2 is 1.62 bits per heavy atom. The van der Waals surface area contributed by atoms with Gasteiger partial charge in [0.15, 0.2) is 11.5 Å². The minimum absolute atomic E-state index is 0.0273. The number of amides is 1. The molecule has 1 N–H and O–H groups in total. The lowest BCUT2D eigenvalue weighted by molar-refractivity contribution is -0.139. The van der Waals surface area contributed by atoms with E-state index in [-0.39, 0.29) is 17.9 Å².